The van der Waals surface area contributed by atoms with Crippen molar-refractivity contribution in [3.8, 4) is 11.5 Å². The van der Waals surface area contributed by atoms with Crippen molar-refractivity contribution in [1.82, 2.24) is 14.7 Å². The van der Waals surface area contributed by atoms with Crippen LogP contribution in [0.3, 0.4) is 0 Å². The van der Waals surface area contributed by atoms with Gasteiger partial charge in [-0.15, -0.1) is 0 Å². The minimum atomic E-state index is -0.702. The van der Waals surface area contributed by atoms with Crippen molar-refractivity contribution in [3.63, 3.8) is 0 Å². The van der Waals surface area contributed by atoms with Gasteiger partial charge in [0.2, 0.25) is 0 Å². The molecule has 3 rings (SSSR count). The number of nitrogens with zero attached hydrogens (tertiary/aromatic N) is 2. The Balaban J connectivity index is 1.63. The van der Waals surface area contributed by atoms with E-state index in [2.05, 4.69) is 10.3 Å². The van der Waals surface area contributed by atoms with E-state index in [9.17, 15) is 5.11 Å². The average Bonchev–Trinajstić information content (AvgIpc) is 3.03. The summed E-state index contributed by atoms with van der Waals surface area (Å²) in [5, 5.41) is 13.7. The quantitative estimate of drug-likeness (QED) is 0.696. The molecule has 0 aliphatic heterocycles. The van der Waals surface area contributed by atoms with Gasteiger partial charge in [0.15, 0.2) is 0 Å². The van der Waals surface area contributed by atoms with E-state index in [1.165, 1.54) is 0 Å². The van der Waals surface area contributed by atoms with Crippen LogP contribution >= 0.6 is 0 Å². The van der Waals surface area contributed by atoms with Crippen LogP contribution in [0.4, 0.5) is 0 Å². The summed E-state index contributed by atoms with van der Waals surface area (Å²) in [6.45, 7) is 0.961. The van der Waals surface area contributed by atoms with Gasteiger partial charge >= 0.3 is 0 Å². The molecule has 0 saturated heterocycles. The van der Waals surface area contributed by atoms with E-state index in [0.29, 0.717) is 30.2 Å². The number of ether oxygens (including phenoxy) is 2. The third-order valence-corrected chi connectivity index (χ3v) is 3.85. The molecule has 1 aromatic carbocycles. The van der Waals surface area contributed by atoms with E-state index in [4.69, 9.17) is 9.47 Å². The molecule has 0 aliphatic rings. The Morgan fingerprint density at radius 2 is 2.08 bits per heavy atom. The van der Waals surface area contributed by atoms with Gasteiger partial charge in [0.05, 0.1) is 26.0 Å². The Kier molecular flexibility index (Phi) is 4.98. The van der Waals surface area contributed by atoms with Crippen LogP contribution in [0.2, 0.25) is 0 Å². The van der Waals surface area contributed by atoms with E-state index in [1.54, 1.807) is 32.4 Å². The van der Waals surface area contributed by atoms with Gasteiger partial charge in [-0.2, -0.15) is 0 Å². The predicted molar refractivity (Wildman–Crippen MR) is 91.4 cm³/mol. The van der Waals surface area contributed by atoms with Crippen LogP contribution in [-0.4, -0.2) is 35.3 Å². The van der Waals surface area contributed by atoms with Crippen molar-refractivity contribution < 1.29 is 14.6 Å². The van der Waals surface area contributed by atoms with Crippen molar-refractivity contribution in [3.05, 3.63) is 60.0 Å². The second-order valence-corrected chi connectivity index (χ2v) is 5.45. The lowest BCUT2D eigenvalue weighted by Gasteiger charge is -2.16. The number of pyridine rings is 1. The van der Waals surface area contributed by atoms with E-state index in [-0.39, 0.29) is 0 Å². The Morgan fingerprint density at radius 1 is 1.21 bits per heavy atom. The molecule has 0 fully saturated rings. The molecule has 0 spiro atoms. The van der Waals surface area contributed by atoms with Gasteiger partial charge in [0.25, 0.3) is 0 Å². The molecule has 3 aromatic rings. The summed E-state index contributed by atoms with van der Waals surface area (Å²) in [6, 6.07) is 11.3. The topological polar surface area (TPSA) is 68.0 Å². The zero-order valence-corrected chi connectivity index (χ0v) is 13.8. The number of methoxy groups -OCH3 is 2. The summed E-state index contributed by atoms with van der Waals surface area (Å²) in [7, 11) is 3.18. The number of fused-ring (bicyclic) bond motifs is 1. The molecule has 0 radical (unpaired) electrons. The molecule has 126 valence electrons. The van der Waals surface area contributed by atoms with E-state index >= 15 is 0 Å². The number of aromatic nitrogens is 2. The van der Waals surface area contributed by atoms with Crippen molar-refractivity contribution in [2.24, 2.45) is 0 Å². The highest BCUT2D eigenvalue weighted by molar-refractivity contribution is 5.42. The summed E-state index contributed by atoms with van der Waals surface area (Å²) in [5.41, 5.74) is 2.52. The lowest BCUT2D eigenvalue weighted by atomic mass is 10.1. The molecule has 1 unspecified atom stereocenters. The number of aliphatic hydroxyl groups is 1. The van der Waals surface area contributed by atoms with Crippen molar-refractivity contribution in [2.75, 3.05) is 20.8 Å². The van der Waals surface area contributed by atoms with Crippen LogP contribution in [0.1, 0.15) is 17.4 Å². The van der Waals surface area contributed by atoms with Gasteiger partial charge < -0.3 is 24.3 Å². The third kappa shape index (κ3) is 3.50. The fourth-order valence-corrected chi connectivity index (χ4v) is 2.62. The Morgan fingerprint density at radius 3 is 2.83 bits per heavy atom. The predicted octanol–water partition coefficient (Wildman–Crippen LogP) is 2.17. The summed E-state index contributed by atoms with van der Waals surface area (Å²) < 4.78 is 12.5. The van der Waals surface area contributed by atoms with E-state index in [0.717, 1.165) is 11.3 Å². The maximum absolute atomic E-state index is 10.4. The van der Waals surface area contributed by atoms with Gasteiger partial charge in [-0.1, -0.05) is 6.07 Å². The molecule has 0 aliphatic carbocycles. The van der Waals surface area contributed by atoms with E-state index < -0.39 is 6.10 Å². The molecule has 2 N–H and O–H groups in total. The zero-order chi connectivity index (χ0) is 16.9. The fourth-order valence-electron chi connectivity index (χ4n) is 2.62. The van der Waals surface area contributed by atoms with Crippen LogP contribution in [0, 0.1) is 0 Å². The standard InChI is InChI=1S/C18H21N3O3/c1-23-14-6-7-17(24-2)15(9-14)16(22)11-19-10-13-12-21-8-4-3-5-18(21)20-13/h3-9,12,16,19,22H,10-11H2,1-2H3. The van der Waals surface area contributed by atoms with Crippen molar-refractivity contribution in [1.29, 1.82) is 0 Å². The largest absolute Gasteiger partial charge is 0.497 e. The van der Waals surface area contributed by atoms with Crippen LogP contribution < -0.4 is 14.8 Å². The summed E-state index contributed by atoms with van der Waals surface area (Å²) in [5.74, 6) is 1.32. The number of benzene rings is 1. The Bertz CT molecular complexity index is 783. The highest BCUT2D eigenvalue weighted by Gasteiger charge is 2.14. The van der Waals surface area contributed by atoms with Crippen LogP contribution in [0.25, 0.3) is 5.65 Å². The van der Waals surface area contributed by atoms with Crippen molar-refractivity contribution >= 4 is 5.65 Å². The van der Waals surface area contributed by atoms with Gasteiger partial charge in [-0.25, -0.2) is 4.98 Å². The second kappa shape index (κ2) is 7.33. The number of imidazole rings is 1. The van der Waals surface area contributed by atoms with Crippen LogP contribution in [-0.2, 0) is 6.54 Å². The second-order valence-electron chi connectivity index (χ2n) is 5.45. The van der Waals surface area contributed by atoms with Gasteiger partial charge in [0.1, 0.15) is 17.1 Å². The molecule has 2 heterocycles. The normalized spacial score (nSPS) is 12.3. The fraction of sp³-hybridized carbons (Fsp3) is 0.278. The first kappa shape index (κ1) is 16.3. The number of hydrogen-bond acceptors (Lipinski definition) is 5. The van der Waals surface area contributed by atoms with Gasteiger partial charge in [0, 0.05) is 31.0 Å². The molecule has 0 saturated carbocycles. The Hall–Kier alpha value is -2.57. The van der Waals surface area contributed by atoms with E-state index in [1.807, 2.05) is 35.0 Å². The first-order valence-electron chi connectivity index (χ1n) is 7.74. The maximum atomic E-state index is 10.4. The zero-order valence-electron chi connectivity index (χ0n) is 13.8. The molecule has 6 nitrogen and oxygen atoms in total. The molecule has 6 heteroatoms. The summed E-state index contributed by atoms with van der Waals surface area (Å²) in [4.78, 5) is 4.52. The molecular formula is C18H21N3O3. The Labute approximate surface area is 140 Å². The van der Waals surface area contributed by atoms with Crippen molar-refractivity contribution in [2.45, 2.75) is 12.6 Å². The number of hydrogen-bond donors (Lipinski definition) is 2. The molecule has 0 amide bonds. The highest BCUT2D eigenvalue weighted by atomic mass is 16.5. The molecule has 24 heavy (non-hydrogen) atoms. The minimum Gasteiger partial charge on any atom is -0.497 e. The average molecular weight is 327 g/mol. The first-order valence-corrected chi connectivity index (χ1v) is 7.74. The molecule has 1 atom stereocenters. The molecule has 2 aromatic heterocycles. The maximum Gasteiger partial charge on any atom is 0.137 e. The number of aliphatic hydroxyl groups excluding tert-OH is 1. The highest BCUT2D eigenvalue weighted by Crippen LogP contribution is 2.29. The van der Waals surface area contributed by atoms with Crippen LogP contribution in [0.5, 0.6) is 11.5 Å². The smallest absolute Gasteiger partial charge is 0.137 e. The SMILES string of the molecule is COc1ccc(OC)c(C(O)CNCc2cn3ccccc3n2)c1. The third-order valence-electron chi connectivity index (χ3n) is 3.85. The lowest BCUT2D eigenvalue weighted by Crippen LogP contribution is -2.21. The summed E-state index contributed by atoms with van der Waals surface area (Å²) in [6.07, 6.45) is 3.23. The number of nitrogens with one attached hydrogen (secondary N) is 1. The lowest BCUT2D eigenvalue weighted by molar-refractivity contribution is 0.169. The molecule has 0 bridgehead atoms. The van der Waals surface area contributed by atoms with Crippen LogP contribution in [0.15, 0.2) is 48.8 Å². The minimum absolute atomic E-state index is 0.386. The van der Waals surface area contributed by atoms with Gasteiger partial charge in [-0.05, 0) is 30.3 Å². The molecular weight excluding hydrogens is 306 g/mol. The first-order chi connectivity index (χ1) is 11.7. The van der Waals surface area contributed by atoms with Gasteiger partial charge in [-0.3, -0.25) is 0 Å². The monoisotopic (exact) mass is 327 g/mol. The summed E-state index contributed by atoms with van der Waals surface area (Å²) >= 11 is 0. The number of rotatable bonds is 7.